The monoisotopic (exact) mass is 542 g/mol. The van der Waals surface area contributed by atoms with Crippen LogP contribution >= 0.6 is 23.8 Å². The summed E-state index contributed by atoms with van der Waals surface area (Å²) in [6, 6.07) is 20.3. The quantitative estimate of drug-likeness (QED) is 0.285. The molecule has 8 heteroatoms. The van der Waals surface area contributed by atoms with Crippen molar-refractivity contribution < 1.29 is 0 Å². The van der Waals surface area contributed by atoms with E-state index in [0.29, 0.717) is 5.11 Å². The zero-order valence-corrected chi connectivity index (χ0v) is 23.2. The van der Waals surface area contributed by atoms with Crippen molar-refractivity contribution in [3.63, 3.8) is 0 Å². The second-order valence-electron chi connectivity index (χ2n) is 10.3. The van der Waals surface area contributed by atoms with Crippen molar-refractivity contribution in [3.8, 4) is 5.82 Å². The highest BCUT2D eigenvalue weighted by Crippen LogP contribution is 2.44. The van der Waals surface area contributed by atoms with Gasteiger partial charge in [-0.2, -0.15) is 0 Å². The Bertz CT molecular complexity index is 1430. The smallest absolute Gasteiger partial charge is 0.174 e. The lowest BCUT2D eigenvalue weighted by Gasteiger charge is -2.33. The number of halogens is 1. The van der Waals surface area contributed by atoms with Crippen LogP contribution in [-0.4, -0.2) is 32.7 Å². The first-order valence-corrected chi connectivity index (χ1v) is 13.9. The number of aromatic nitrogens is 3. The fraction of sp³-hybridized carbons (Fsp3) is 0.300. The average Bonchev–Trinajstić information content (AvgIpc) is 3.54. The van der Waals surface area contributed by atoms with Crippen LogP contribution in [0.4, 0.5) is 11.4 Å². The van der Waals surface area contributed by atoms with Crippen LogP contribution in [0.25, 0.3) is 5.82 Å². The minimum absolute atomic E-state index is 0.148. The molecule has 38 heavy (non-hydrogen) atoms. The highest BCUT2D eigenvalue weighted by molar-refractivity contribution is 7.80. The number of hydrogen-bond acceptors (Lipinski definition) is 4. The van der Waals surface area contributed by atoms with E-state index in [1.807, 2.05) is 49.6 Å². The van der Waals surface area contributed by atoms with E-state index in [9.17, 15) is 0 Å². The largest absolute Gasteiger partial charge is 0.370 e. The summed E-state index contributed by atoms with van der Waals surface area (Å²) in [5, 5.41) is 4.94. The molecule has 0 radical (unpaired) electrons. The Hall–Kier alpha value is -3.42. The molecule has 1 N–H and O–H groups in total. The number of hydrogen-bond donors (Lipinski definition) is 1. The molecule has 2 atom stereocenters. The molecule has 0 aliphatic carbocycles. The Morgan fingerprint density at radius 1 is 1.00 bits per heavy atom. The van der Waals surface area contributed by atoms with Gasteiger partial charge in [-0.25, -0.2) is 4.98 Å². The first kappa shape index (κ1) is 24.9. The second kappa shape index (κ2) is 10.4. The van der Waals surface area contributed by atoms with Gasteiger partial charge in [0.25, 0.3) is 0 Å². The van der Waals surface area contributed by atoms with Crippen LogP contribution in [0.5, 0.6) is 0 Å². The second-order valence-corrected chi connectivity index (χ2v) is 11.1. The van der Waals surface area contributed by atoms with Crippen LogP contribution in [0.1, 0.15) is 48.8 Å². The molecule has 5 heterocycles. The number of nitrogens with zero attached hydrogens (tertiary/aromatic N) is 5. The van der Waals surface area contributed by atoms with E-state index >= 15 is 0 Å². The highest BCUT2D eigenvalue weighted by Gasteiger charge is 2.42. The molecule has 0 unspecified atom stereocenters. The molecule has 0 bridgehead atoms. The van der Waals surface area contributed by atoms with Gasteiger partial charge < -0.3 is 19.7 Å². The molecule has 194 valence electrons. The average molecular weight is 543 g/mol. The zero-order chi connectivity index (χ0) is 26.2. The molecule has 6 rings (SSSR count). The van der Waals surface area contributed by atoms with Gasteiger partial charge in [0.05, 0.1) is 22.4 Å². The Kier molecular flexibility index (Phi) is 6.80. The predicted molar refractivity (Wildman–Crippen MR) is 158 cm³/mol. The number of pyridine rings is 2. The van der Waals surface area contributed by atoms with Gasteiger partial charge in [-0.15, -0.1) is 0 Å². The van der Waals surface area contributed by atoms with Gasteiger partial charge in [-0.3, -0.25) is 4.98 Å². The van der Waals surface area contributed by atoms with Gasteiger partial charge in [0.15, 0.2) is 5.11 Å². The number of benzene rings is 1. The molecule has 2 saturated heterocycles. The van der Waals surface area contributed by atoms with Crippen molar-refractivity contribution in [1.82, 2.24) is 19.9 Å². The minimum atomic E-state index is -0.159. The fourth-order valence-corrected chi connectivity index (χ4v) is 6.17. The summed E-state index contributed by atoms with van der Waals surface area (Å²) < 4.78 is 2.13. The van der Waals surface area contributed by atoms with E-state index in [2.05, 4.69) is 68.1 Å². The Morgan fingerprint density at radius 3 is 2.55 bits per heavy atom. The first-order valence-electron chi connectivity index (χ1n) is 13.1. The third-order valence-corrected chi connectivity index (χ3v) is 8.28. The maximum Gasteiger partial charge on any atom is 0.174 e. The maximum absolute atomic E-state index is 6.93. The zero-order valence-electron chi connectivity index (χ0n) is 21.6. The summed E-state index contributed by atoms with van der Waals surface area (Å²) in [6.45, 7) is 6.43. The van der Waals surface area contributed by atoms with Gasteiger partial charge in [0, 0.05) is 43.1 Å². The van der Waals surface area contributed by atoms with Crippen molar-refractivity contribution in [1.29, 1.82) is 0 Å². The van der Waals surface area contributed by atoms with Gasteiger partial charge in [-0.1, -0.05) is 30.7 Å². The summed E-state index contributed by atoms with van der Waals surface area (Å²) >= 11 is 12.9. The first-order chi connectivity index (χ1) is 18.5. The van der Waals surface area contributed by atoms with Crippen molar-refractivity contribution >= 4 is 40.3 Å². The van der Waals surface area contributed by atoms with Gasteiger partial charge >= 0.3 is 0 Å². The molecule has 0 saturated carbocycles. The van der Waals surface area contributed by atoms with Crippen molar-refractivity contribution in [3.05, 3.63) is 101 Å². The molecule has 0 amide bonds. The third kappa shape index (κ3) is 4.65. The van der Waals surface area contributed by atoms with Crippen molar-refractivity contribution in [2.45, 2.75) is 38.8 Å². The Balaban J connectivity index is 1.42. The predicted octanol–water partition coefficient (Wildman–Crippen LogP) is 6.64. The molecule has 1 aromatic carbocycles. The summed E-state index contributed by atoms with van der Waals surface area (Å²) in [6.07, 6.45) is 8.15. The van der Waals surface area contributed by atoms with Crippen molar-refractivity contribution in [2.24, 2.45) is 5.92 Å². The molecule has 6 nitrogen and oxygen atoms in total. The third-order valence-electron chi connectivity index (χ3n) is 7.66. The minimum Gasteiger partial charge on any atom is -0.370 e. The fourth-order valence-electron chi connectivity index (χ4n) is 5.53. The van der Waals surface area contributed by atoms with Gasteiger partial charge in [0.1, 0.15) is 11.9 Å². The molecule has 3 aromatic heterocycles. The molecule has 2 fully saturated rings. The van der Waals surface area contributed by atoms with Crippen LogP contribution in [0.2, 0.25) is 5.02 Å². The normalized spacial score (nSPS) is 20.1. The number of thiocarbonyl (C=S) groups is 1. The van der Waals surface area contributed by atoms with E-state index in [-0.39, 0.29) is 12.1 Å². The lowest BCUT2D eigenvalue weighted by atomic mass is 9.98. The highest BCUT2D eigenvalue weighted by atomic mass is 35.5. The van der Waals surface area contributed by atoms with Crippen LogP contribution in [-0.2, 0) is 0 Å². The SMILES string of the molecule is Cc1ccc(-n2cccc2[C@@H]2[C@H](c3ccccn3)NC(=S)N2c2ccc(N3CCC(C)CC3)c(Cl)c2)nc1. The van der Waals surface area contributed by atoms with E-state index < -0.39 is 0 Å². The van der Waals surface area contributed by atoms with Gasteiger partial charge in [-0.05, 0) is 92.0 Å². The topological polar surface area (TPSA) is 49.2 Å². The molecular formula is C30H31ClN6S. The number of nitrogens with one attached hydrogen (secondary N) is 1. The lowest BCUT2D eigenvalue weighted by molar-refractivity contribution is 0.438. The number of piperidine rings is 1. The maximum atomic E-state index is 6.93. The standard InChI is InChI=1S/C30H31ClN6S/c1-20-12-16-35(17-13-20)25-10-9-22(18-23(25)31)37-29(28(34-30(37)38)24-6-3-4-14-32-24)26-7-5-15-36(26)27-11-8-21(2)19-33-27/h3-11,14-15,18-20,28-29H,12-13,16-17H2,1-2H3,(H,34,38)/t28-,29+/m0/s1. The van der Waals surface area contributed by atoms with E-state index in [1.165, 1.54) is 12.8 Å². The molecule has 0 spiro atoms. The summed E-state index contributed by atoms with van der Waals surface area (Å²) in [4.78, 5) is 14.0. The number of anilines is 2. The molecular weight excluding hydrogens is 512 g/mol. The van der Waals surface area contributed by atoms with Crippen LogP contribution in [0, 0.1) is 12.8 Å². The number of aryl methyl sites for hydroxylation is 1. The van der Waals surface area contributed by atoms with Gasteiger partial charge in [0.2, 0.25) is 0 Å². The molecule has 4 aromatic rings. The van der Waals surface area contributed by atoms with E-state index in [4.69, 9.17) is 28.8 Å². The molecule has 2 aliphatic heterocycles. The molecule has 2 aliphatic rings. The Labute approximate surface area is 234 Å². The van der Waals surface area contributed by atoms with Crippen LogP contribution < -0.4 is 15.1 Å². The summed E-state index contributed by atoms with van der Waals surface area (Å²) in [5.41, 5.74) is 5.16. The van der Waals surface area contributed by atoms with Crippen LogP contribution in [0.15, 0.2) is 79.3 Å². The van der Waals surface area contributed by atoms with E-state index in [0.717, 1.165) is 58.2 Å². The van der Waals surface area contributed by atoms with Crippen molar-refractivity contribution in [2.75, 3.05) is 22.9 Å². The Morgan fingerprint density at radius 2 is 1.84 bits per heavy atom. The van der Waals surface area contributed by atoms with Crippen LogP contribution in [0.3, 0.4) is 0 Å². The summed E-state index contributed by atoms with van der Waals surface area (Å²) in [5.74, 6) is 1.63. The van der Waals surface area contributed by atoms with E-state index in [1.54, 1.807) is 0 Å². The number of rotatable bonds is 5. The lowest BCUT2D eigenvalue weighted by Crippen LogP contribution is -2.33. The summed E-state index contributed by atoms with van der Waals surface area (Å²) in [7, 11) is 0.